The van der Waals surface area contributed by atoms with Gasteiger partial charge in [-0.05, 0) is 23.8 Å². The third kappa shape index (κ3) is 3.27. The number of nitrogens with zero attached hydrogens (tertiary/aromatic N) is 1. The average Bonchev–Trinajstić information content (AvgIpc) is 3.22. The van der Waals surface area contributed by atoms with Crippen molar-refractivity contribution < 1.29 is 14.3 Å². The Labute approximate surface area is 155 Å². The molecule has 2 heterocycles. The van der Waals surface area contributed by atoms with E-state index >= 15 is 0 Å². The molecule has 0 unspecified atom stereocenters. The molecule has 7 nitrogen and oxygen atoms in total. The number of aromatic nitrogens is 2. The topological polar surface area (TPSA) is 96.1 Å². The van der Waals surface area contributed by atoms with Crippen LogP contribution in [0.3, 0.4) is 0 Å². The molecule has 2 aromatic carbocycles. The minimum absolute atomic E-state index is 0.232. The van der Waals surface area contributed by atoms with Gasteiger partial charge in [-0.2, -0.15) is 5.10 Å². The summed E-state index contributed by atoms with van der Waals surface area (Å²) in [5, 5.41) is 12.3. The molecule has 1 aromatic heterocycles. The number of fused-ring (bicyclic) bond motifs is 1. The number of ether oxygens (including phenoxy) is 1. The predicted molar refractivity (Wildman–Crippen MR) is 101 cm³/mol. The van der Waals surface area contributed by atoms with Gasteiger partial charge in [-0.15, -0.1) is 0 Å². The maximum Gasteiger partial charge on any atom is 0.252 e. The summed E-state index contributed by atoms with van der Waals surface area (Å²) in [6.45, 7) is 0. The van der Waals surface area contributed by atoms with E-state index in [1.54, 1.807) is 37.7 Å². The van der Waals surface area contributed by atoms with Crippen molar-refractivity contribution in [3.05, 3.63) is 66.0 Å². The van der Waals surface area contributed by atoms with Gasteiger partial charge in [0, 0.05) is 41.1 Å². The number of aromatic amines is 1. The standard InChI is InChI=1S/C20H18N4O3/c1-27-18-9-14(6-7-15(18)13-10-21-22-11-13)23-20(26)17-8-12-4-2-3-5-16(12)19(25)24-17/h2-7,9-11,17H,8H2,1H3,(H,21,22)(H,23,26)(H,24,25)/t17-/m1/s1. The lowest BCUT2D eigenvalue weighted by Crippen LogP contribution is -2.48. The largest absolute Gasteiger partial charge is 0.496 e. The maximum atomic E-state index is 12.7. The lowest BCUT2D eigenvalue weighted by atomic mass is 9.95. The van der Waals surface area contributed by atoms with Crippen LogP contribution in [0.25, 0.3) is 11.1 Å². The van der Waals surface area contributed by atoms with E-state index in [1.165, 1.54) is 0 Å². The van der Waals surface area contributed by atoms with E-state index in [2.05, 4.69) is 20.8 Å². The highest BCUT2D eigenvalue weighted by molar-refractivity contribution is 6.04. The van der Waals surface area contributed by atoms with Gasteiger partial charge in [0.25, 0.3) is 5.91 Å². The summed E-state index contributed by atoms with van der Waals surface area (Å²) in [4.78, 5) is 24.9. The Morgan fingerprint density at radius 3 is 2.85 bits per heavy atom. The maximum absolute atomic E-state index is 12.7. The fourth-order valence-corrected chi connectivity index (χ4v) is 3.22. The number of hydrogen-bond donors (Lipinski definition) is 3. The van der Waals surface area contributed by atoms with Crippen molar-refractivity contribution in [2.24, 2.45) is 0 Å². The van der Waals surface area contributed by atoms with Crippen LogP contribution in [0.5, 0.6) is 5.75 Å². The summed E-state index contributed by atoms with van der Waals surface area (Å²) in [6.07, 6.45) is 3.92. The van der Waals surface area contributed by atoms with Crippen LogP contribution in [0.15, 0.2) is 54.9 Å². The first-order chi connectivity index (χ1) is 13.2. The van der Waals surface area contributed by atoms with E-state index in [4.69, 9.17) is 4.74 Å². The Balaban J connectivity index is 1.53. The molecule has 1 atom stereocenters. The molecule has 0 saturated heterocycles. The van der Waals surface area contributed by atoms with Crippen molar-refractivity contribution in [3.8, 4) is 16.9 Å². The average molecular weight is 362 g/mol. The van der Waals surface area contributed by atoms with Crippen molar-refractivity contribution in [2.45, 2.75) is 12.5 Å². The van der Waals surface area contributed by atoms with Gasteiger partial charge < -0.3 is 15.4 Å². The van der Waals surface area contributed by atoms with Gasteiger partial charge in [-0.3, -0.25) is 14.7 Å². The summed E-state index contributed by atoms with van der Waals surface area (Å²) < 4.78 is 5.44. The molecule has 0 saturated carbocycles. The zero-order chi connectivity index (χ0) is 18.8. The minimum atomic E-state index is -0.619. The fraction of sp³-hybridized carbons (Fsp3) is 0.150. The van der Waals surface area contributed by atoms with Crippen molar-refractivity contribution in [3.63, 3.8) is 0 Å². The van der Waals surface area contributed by atoms with Gasteiger partial charge in [0.1, 0.15) is 11.8 Å². The van der Waals surface area contributed by atoms with E-state index in [9.17, 15) is 9.59 Å². The van der Waals surface area contributed by atoms with Gasteiger partial charge in [0.15, 0.2) is 0 Å². The second kappa shape index (κ2) is 6.95. The SMILES string of the molecule is COc1cc(NC(=O)[C@H]2Cc3ccccc3C(=O)N2)ccc1-c1cn[nH]c1. The second-order valence-corrected chi connectivity index (χ2v) is 6.28. The number of benzene rings is 2. The number of anilines is 1. The summed E-state index contributed by atoms with van der Waals surface area (Å²) in [7, 11) is 1.57. The molecule has 0 aliphatic carbocycles. The number of H-pyrrole nitrogens is 1. The third-order valence-corrected chi connectivity index (χ3v) is 4.59. The highest BCUT2D eigenvalue weighted by Crippen LogP contribution is 2.32. The van der Waals surface area contributed by atoms with Crippen LogP contribution in [0.1, 0.15) is 15.9 Å². The van der Waals surface area contributed by atoms with E-state index in [0.29, 0.717) is 23.4 Å². The highest BCUT2D eigenvalue weighted by atomic mass is 16.5. The molecule has 3 aromatic rings. The van der Waals surface area contributed by atoms with Gasteiger partial charge in [0.05, 0.1) is 13.3 Å². The molecule has 27 heavy (non-hydrogen) atoms. The summed E-state index contributed by atoms with van der Waals surface area (Å²) >= 11 is 0. The first-order valence-corrected chi connectivity index (χ1v) is 8.52. The van der Waals surface area contributed by atoms with Crippen LogP contribution in [-0.4, -0.2) is 35.2 Å². The van der Waals surface area contributed by atoms with Crippen LogP contribution in [0.4, 0.5) is 5.69 Å². The first-order valence-electron chi connectivity index (χ1n) is 8.52. The van der Waals surface area contributed by atoms with E-state index in [1.807, 2.05) is 24.3 Å². The molecule has 4 rings (SSSR count). The second-order valence-electron chi connectivity index (χ2n) is 6.28. The molecule has 0 radical (unpaired) electrons. The molecule has 136 valence electrons. The number of rotatable bonds is 4. The van der Waals surface area contributed by atoms with E-state index in [0.717, 1.165) is 16.7 Å². The molecule has 3 N–H and O–H groups in total. The van der Waals surface area contributed by atoms with Crippen molar-refractivity contribution in [1.82, 2.24) is 15.5 Å². The Morgan fingerprint density at radius 2 is 2.07 bits per heavy atom. The molecular weight excluding hydrogens is 344 g/mol. The number of amides is 2. The third-order valence-electron chi connectivity index (χ3n) is 4.59. The first kappa shape index (κ1) is 16.8. The predicted octanol–water partition coefficient (Wildman–Crippen LogP) is 2.38. The number of nitrogens with one attached hydrogen (secondary N) is 3. The fourth-order valence-electron chi connectivity index (χ4n) is 3.22. The van der Waals surface area contributed by atoms with Gasteiger partial charge in [-0.1, -0.05) is 18.2 Å². The Hall–Kier alpha value is -3.61. The van der Waals surface area contributed by atoms with Gasteiger partial charge in [0.2, 0.25) is 5.91 Å². The zero-order valence-electron chi connectivity index (χ0n) is 14.7. The monoisotopic (exact) mass is 362 g/mol. The molecule has 1 aliphatic heterocycles. The zero-order valence-corrected chi connectivity index (χ0v) is 14.7. The van der Waals surface area contributed by atoms with E-state index in [-0.39, 0.29) is 11.8 Å². The number of carbonyl (C=O) groups is 2. The summed E-state index contributed by atoms with van der Waals surface area (Å²) in [6, 6.07) is 12.1. The molecule has 7 heteroatoms. The molecule has 0 bridgehead atoms. The van der Waals surface area contributed by atoms with Gasteiger partial charge >= 0.3 is 0 Å². The van der Waals surface area contributed by atoms with Crippen LogP contribution >= 0.6 is 0 Å². The molecular formula is C20H18N4O3. The van der Waals surface area contributed by atoms with E-state index < -0.39 is 6.04 Å². The van der Waals surface area contributed by atoms with Crippen molar-refractivity contribution in [1.29, 1.82) is 0 Å². The number of methoxy groups -OCH3 is 1. The quantitative estimate of drug-likeness (QED) is 0.664. The van der Waals surface area contributed by atoms with Gasteiger partial charge in [-0.25, -0.2) is 0 Å². The molecule has 1 aliphatic rings. The van der Waals surface area contributed by atoms with Crippen LogP contribution in [0.2, 0.25) is 0 Å². The Bertz CT molecular complexity index is 998. The number of carbonyl (C=O) groups excluding carboxylic acids is 2. The van der Waals surface area contributed by atoms with Crippen molar-refractivity contribution >= 4 is 17.5 Å². The van der Waals surface area contributed by atoms with Crippen LogP contribution in [0, 0.1) is 0 Å². The summed E-state index contributed by atoms with van der Waals surface area (Å²) in [5.41, 5.74) is 3.84. The Kier molecular flexibility index (Phi) is 4.33. The minimum Gasteiger partial charge on any atom is -0.496 e. The highest BCUT2D eigenvalue weighted by Gasteiger charge is 2.28. The van der Waals surface area contributed by atoms with Crippen molar-refractivity contribution in [2.75, 3.05) is 12.4 Å². The van der Waals surface area contributed by atoms with Crippen LogP contribution < -0.4 is 15.4 Å². The summed E-state index contributed by atoms with van der Waals surface area (Å²) in [5.74, 6) is 0.119. The van der Waals surface area contributed by atoms with Crippen LogP contribution in [-0.2, 0) is 11.2 Å². The molecule has 0 spiro atoms. The lowest BCUT2D eigenvalue weighted by Gasteiger charge is -2.25. The Morgan fingerprint density at radius 1 is 1.22 bits per heavy atom. The smallest absolute Gasteiger partial charge is 0.252 e. The lowest BCUT2D eigenvalue weighted by molar-refractivity contribution is -0.118. The normalized spacial score (nSPS) is 15.6. The molecule has 2 amide bonds. The molecule has 0 fully saturated rings. The number of hydrogen-bond acceptors (Lipinski definition) is 4.